The Hall–Kier alpha value is -1.23. The molecule has 2 N–H and O–H groups in total. The minimum Gasteiger partial charge on any atom is -0.396 e. The van der Waals surface area contributed by atoms with E-state index in [-0.39, 0.29) is 12.3 Å². The molecule has 0 amide bonds. The Morgan fingerprint density at radius 1 is 1.20 bits per heavy atom. The molecular formula is C10H12F3NO. The van der Waals surface area contributed by atoms with E-state index in [4.69, 9.17) is 5.11 Å². The van der Waals surface area contributed by atoms with Gasteiger partial charge in [0.05, 0.1) is 5.56 Å². The molecule has 0 spiro atoms. The fourth-order valence-electron chi connectivity index (χ4n) is 1.19. The van der Waals surface area contributed by atoms with Crippen LogP contribution in [0.2, 0.25) is 0 Å². The second kappa shape index (κ2) is 5.02. The van der Waals surface area contributed by atoms with Crippen molar-refractivity contribution in [2.24, 2.45) is 0 Å². The number of aliphatic hydroxyl groups is 1. The van der Waals surface area contributed by atoms with Crippen molar-refractivity contribution in [3.63, 3.8) is 0 Å². The van der Waals surface area contributed by atoms with E-state index in [9.17, 15) is 13.2 Å². The van der Waals surface area contributed by atoms with Crippen LogP contribution in [-0.4, -0.2) is 18.3 Å². The van der Waals surface area contributed by atoms with Crippen LogP contribution in [0.4, 0.5) is 18.9 Å². The Labute approximate surface area is 85.7 Å². The molecule has 0 radical (unpaired) electrons. The summed E-state index contributed by atoms with van der Waals surface area (Å²) in [5.41, 5.74) is -0.624. The zero-order valence-corrected chi connectivity index (χ0v) is 8.01. The van der Waals surface area contributed by atoms with Crippen molar-refractivity contribution in [3.8, 4) is 0 Å². The average molecular weight is 219 g/mol. The second-order valence-corrected chi connectivity index (χ2v) is 3.05. The maximum Gasteiger partial charge on any atom is 0.418 e. The lowest BCUT2D eigenvalue weighted by atomic mass is 10.1. The van der Waals surface area contributed by atoms with Crippen LogP contribution in [0.1, 0.15) is 12.0 Å². The van der Waals surface area contributed by atoms with Gasteiger partial charge in [-0.1, -0.05) is 12.1 Å². The van der Waals surface area contributed by atoms with Gasteiger partial charge in [0.1, 0.15) is 0 Å². The lowest BCUT2D eigenvalue weighted by Gasteiger charge is -2.13. The molecule has 1 aromatic rings. The number of benzene rings is 1. The summed E-state index contributed by atoms with van der Waals surface area (Å²) in [6.45, 7) is 0.283. The molecule has 2 nitrogen and oxygen atoms in total. The Balaban J connectivity index is 2.78. The summed E-state index contributed by atoms with van der Waals surface area (Å²) in [4.78, 5) is 0. The van der Waals surface area contributed by atoms with Crippen molar-refractivity contribution in [1.82, 2.24) is 0 Å². The number of halogens is 3. The molecule has 0 aromatic heterocycles. The van der Waals surface area contributed by atoms with Crippen molar-refractivity contribution in [2.75, 3.05) is 18.5 Å². The van der Waals surface area contributed by atoms with Crippen molar-refractivity contribution in [2.45, 2.75) is 12.6 Å². The largest absolute Gasteiger partial charge is 0.418 e. The summed E-state index contributed by atoms with van der Waals surface area (Å²) >= 11 is 0. The minimum absolute atomic E-state index is 0.0405. The summed E-state index contributed by atoms with van der Waals surface area (Å²) in [5, 5.41) is 11.2. The Morgan fingerprint density at radius 3 is 2.47 bits per heavy atom. The number of para-hydroxylation sites is 1. The fourth-order valence-corrected chi connectivity index (χ4v) is 1.19. The maximum atomic E-state index is 12.5. The van der Waals surface area contributed by atoms with E-state index >= 15 is 0 Å². The van der Waals surface area contributed by atoms with Crippen LogP contribution in [0.15, 0.2) is 24.3 Å². The van der Waals surface area contributed by atoms with E-state index in [1.54, 1.807) is 0 Å². The summed E-state index contributed by atoms with van der Waals surface area (Å²) in [6, 6.07) is 5.29. The maximum absolute atomic E-state index is 12.5. The molecule has 0 aliphatic carbocycles. The van der Waals surface area contributed by atoms with E-state index in [0.717, 1.165) is 6.07 Å². The Morgan fingerprint density at radius 2 is 1.87 bits per heavy atom. The van der Waals surface area contributed by atoms with E-state index in [1.807, 2.05) is 0 Å². The lowest BCUT2D eigenvalue weighted by Crippen LogP contribution is -2.11. The number of alkyl halides is 3. The third-order valence-corrected chi connectivity index (χ3v) is 1.88. The highest BCUT2D eigenvalue weighted by atomic mass is 19.4. The molecule has 0 atom stereocenters. The van der Waals surface area contributed by atoms with E-state index in [2.05, 4.69) is 5.32 Å². The van der Waals surface area contributed by atoms with Crippen molar-refractivity contribution in [3.05, 3.63) is 29.8 Å². The molecule has 0 aliphatic rings. The predicted molar refractivity (Wildman–Crippen MR) is 51.6 cm³/mol. The number of hydrogen-bond acceptors (Lipinski definition) is 2. The number of rotatable bonds is 4. The van der Waals surface area contributed by atoms with Crippen molar-refractivity contribution < 1.29 is 18.3 Å². The lowest BCUT2D eigenvalue weighted by molar-refractivity contribution is -0.136. The molecule has 5 heteroatoms. The highest BCUT2D eigenvalue weighted by molar-refractivity contribution is 5.52. The molecule has 0 bridgehead atoms. The van der Waals surface area contributed by atoms with Crippen LogP contribution in [0.5, 0.6) is 0 Å². The molecule has 15 heavy (non-hydrogen) atoms. The van der Waals surface area contributed by atoms with Gasteiger partial charge in [-0.25, -0.2) is 0 Å². The smallest absolute Gasteiger partial charge is 0.396 e. The number of aliphatic hydroxyl groups excluding tert-OH is 1. The minimum atomic E-state index is -4.34. The fraction of sp³-hybridized carbons (Fsp3) is 0.400. The van der Waals surface area contributed by atoms with Crippen LogP contribution in [0, 0.1) is 0 Å². The molecule has 0 saturated carbocycles. The predicted octanol–water partition coefficient (Wildman–Crippen LogP) is 2.50. The van der Waals surface area contributed by atoms with Crippen LogP contribution in [0.25, 0.3) is 0 Å². The van der Waals surface area contributed by atoms with Gasteiger partial charge in [-0.2, -0.15) is 13.2 Å². The van der Waals surface area contributed by atoms with E-state index in [0.29, 0.717) is 13.0 Å². The van der Waals surface area contributed by atoms with Gasteiger partial charge in [-0.15, -0.1) is 0 Å². The third kappa shape index (κ3) is 3.43. The zero-order chi connectivity index (χ0) is 11.3. The van der Waals surface area contributed by atoms with Gasteiger partial charge in [0.15, 0.2) is 0 Å². The van der Waals surface area contributed by atoms with Gasteiger partial charge in [-0.3, -0.25) is 0 Å². The zero-order valence-electron chi connectivity index (χ0n) is 8.01. The first kappa shape index (κ1) is 11.8. The molecule has 1 rings (SSSR count). The topological polar surface area (TPSA) is 32.3 Å². The molecule has 84 valence electrons. The summed E-state index contributed by atoms with van der Waals surface area (Å²) in [5.74, 6) is 0. The molecule has 1 aromatic carbocycles. The van der Waals surface area contributed by atoms with Crippen molar-refractivity contribution >= 4 is 5.69 Å². The van der Waals surface area contributed by atoms with Gasteiger partial charge in [0, 0.05) is 18.8 Å². The van der Waals surface area contributed by atoms with E-state index in [1.165, 1.54) is 18.2 Å². The first-order valence-electron chi connectivity index (χ1n) is 4.56. The normalized spacial score (nSPS) is 11.5. The summed E-state index contributed by atoms with van der Waals surface area (Å²) < 4.78 is 37.4. The van der Waals surface area contributed by atoms with Gasteiger partial charge in [-0.05, 0) is 18.6 Å². The van der Waals surface area contributed by atoms with Crippen molar-refractivity contribution in [1.29, 1.82) is 0 Å². The quantitative estimate of drug-likeness (QED) is 0.762. The van der Waals surface area contributed by atoms with E-state index < -0.39 is 11.7 Å². The molecule has 0 aliphatic heterocycles. The molecule has 0 fully saturated rings. The Bertz CT molecular complexity index is 312. The monoisotopic (exact) mass is 219 g/mol. The number of hydrogen-bond donors (Lipinski definition) is 2. The molecular weight excluding hydrogens is 207 g/mol. The number of nitrogens with one attached hydrogen (secondary N) is 1. The standard InChI is InChI=1S/C10H12F3NO/c11-10(12,13)8-4-1-2-5-9(8)14-6-3-7-15/h1-2,4-5,14-15H,3,6-7H2. The highest BCUT2D eigenvalue weighted by Gasteiger charge is 2.32. The van der Waals surface area contributed by atoms with Gasteiger partial charge in [0.25, 0.3) is 0 Å². The molecule has 0 saturated heterocycles. The van der Waals surface area contributed by atoms with Gasteiger partial charge in [0.2, 0.25) is 0 Å². The van der Waals surface area contributed by atoms with Crippen LogP contribution in [0.3, 0.4) is 0 Å². The van der Waals surface area contributed by atoms with Gasteiger partial charge >= 0.3 is 6.18 Å². The summed E-state index contributed by atoms with van der Waals surface area (Å²) in [6.07, 6.45) is -3.92. The summed E-state index contributed by atoms with van der Waals surface area (Å²) in [7, 11) is 0. The molecule has 0 unspecified atom stereocenters. The van der Waals surface area contributed by atoms with Crippen LogP contribution < -0.4 is 5.32 Å². The SMILES string of the molecule is OCCCNc1ccccc1C(F)(F)F. The Kier molecular flexibility index (Phi) is 3.96. The van der Waals surface area contributed by atoms with Crippen LogP contribution >= 0.6 is 0 Å². The van der Waals surface area contributed by atoms with Crippen LogP contribution in [-0.2, 0) is 6.18 Å². The number of anilines is 1. The molecule has 0 heterocycles. The third-order valence-electron chi connectivity index (χ3n) is 1.88. The first-order chi connectivity index (χ1) is 7.05. The average Bonchev–Trinajstić information content (AvgIpc) is 2.17. The first-order valence-corrected chi connectivity index (χ1v) is 4.56. The highest BCUT2D eigenvalue weighted by Crippen LogP contribution is 2.34. The second-order valence-electron chi connectivity index (χ2n) is 3.05. The van der Waals surface area contributed by atoms with Gasteiger partial charge < -0.3 is 10.4 Å².